The fourth-order valence-electron chi connectivity index (χ4n) is 8.93. The third kappa shape index (κ3) is 3.19. The van der Waals surface area contributed by atoms with Gasteiger partial charge in [0, 0.05) is 5.92 Å². The van der Waals surface area contributed by atoms with E-state index in [2.05, 4.69) is 26.0 Å². The van der Waals surface area contributed by atoms with Crippen LogP contribution in [0.4, 0.5) is 0 Å². The fraction of sp³-hybridized carbons (Fsp3) is 0.821. The molecule has 0 amide bonds. The van der Waals surface area contributed by atoms with E-state index < -0.39 is 0 Å². The Bertz CT molecular complexity index is 757. The van der Waals surface area contributed by atoms with Gasteiger partial charge in [0.05, 0.1) is 6.10 Å². The molecule has 0 heterocycles. The van der Waals surface area contributed by atoms with Gasteiger partial charge >= 0.3 is 0 Å². The molecule has 0 saturated heterocycles. The van der Waals surface area contributed by atoms with E-state index in [0.717, 1.165) is 31.6 Å². The van der Waals surface area contributed by atoms with Crippen LogP contribution in [0.3, 0.4) is 0 Å². The van der Waals surface area contributed by atoms with Gasteiger partial charge in [-0.25, -0.2) is 0 Å². The van der Waals surface area contributed by atoms with Gasteiger partial charge in [-0.2, -0.15) is 0 Å². The highest BCUT2D eigenvalue weighted by Gasteiger charge is 2.58. The van der Waals surface area contributed by atoms with Crippen molar-refractivity contribution in [2.75, 3.05) is 0 Å². The summed E-state index contributed by atoms with van der Waals surface area (Å²) in [5.41, 5.74) is 3.54. The molecule has 3 fully saturated rings. The SMILES string of the molecule is CC(=O)C1[C@H](CC2CCCCC2)C=C2C3CC=C4CC(O)CCC4(C)C3CCC21C. The zero-order valence-electron chi connectivity index (χ0n) is 19.5. The van der Waals surface area contributed by atoms with E-state index >= 15 is 0 Å². The molecule has 0 aromatic carbocycles. The Kier molecular flexibility index (Phi) is 5.32. The first kappa shape index (κ1) is 21.0. The molecule has 1 N–H and O–H groups in total. The third-order valence-electron chi connectivity index (χ3n) is 10.4. The van der Waals surface area contributed by atoms with Crippen LogP contribution < -0.4 is 0 Å². The number of rotatable bonds is 3. The lowest BCUT2D eigenvalue weighted by molar-refractivity contribution is -0.126. The van der Waals surface area contributed by atoms with Crippen molar-refractivity contribution in [3.8, 4) is 0 Å². The van der Waals surface area contributed by atoms with Crippen LogP contribution in [0.1, 0.15) is 97.8 Å². The van der Waals surface area contributed by atoms with Crippen LogP contribution in [0.5, 0.6) is 0 Å². The second-order valence-corrected chi connectivity index (χ2v) is 12.1. The number of carbonyl (C=O) groups is 1. The predicted molar refractivity (Wildman–Crippen MR) is 122 cm³/mol. The van der Waals surface area contributed by atoms with Gasteiger partial charge < -0.3 is 5.11 Å². The molecule has 7 atom stereocenters. The lowest BCUT2D eigenvalue weighted by Gasteiger charge is -2.56. The smallest absolute Gasteiger partial charge is 0.134 e. The number of hydrogen-bond donors (Lipinski definition) is 1. The van der Waals surface area contributed by atoms with E-state index in [1.165, 1.54) is 56.9 Å². The normalized spacial score (nSPS) is 46.3. The number of aliphatic hydroxyl groups is 1. The molecule has 5 rings (SSSR count). The zero-order chi connectivity index (χ0) is 21.1. The van der Waals surface area contributed by atoms with E-state index in [1.807, 2.05) is 6.92 Å². The van der Waals surface area contributed by atoms with Gasteiger partial charge in [0.25, 0.3) is 0 Å². The predicted octanol–water partition coefficient (Wildman–Crippen LogP) is 6.63. The van der Waals surface area contributed by atoms with Gasteiger partial charge in [-0.3, -0.25) is 4.79 Å². The van der Waals surface area contributed by atoms with Gasteiger partial charge in [0.2, 0.25) is 0 Å². The maximum absolute atomic E-state index is 13.0. The number of carbonyl (C=O) groups excluding carboxylic acids is 1. The minimum absolute atomic E-state index is 0.0855. The standard InChI is InChI=1S/C28H42O2/c1-18(29)26-20(15-19-7-5-4-6-8-19)16-25-23-10-9-21-17-22(30)11-13-27(21,2)24(23)12-14-28(25,26)3/h9,16,19-20,22-24,26,30H,4-8,10-15,17H2,1-3H3/t20-,22?,23?,24?,26?,27?,28?/m1/s1. The van der Waals surface area contributed by atoms with Crippen molar-refractivity contribution in [2.45, 2.75) is 104 Å². The summed E-state index contributed by atoms with van der Waals surface area (Å²) in [4.78, 5) is 13.0. The molecule has 0 radical (unpaired) electrons. The van der Waals surface area contributed by atoms with Gasteiger partial charge in [0.1, 0.15) is 5.78 Å². The first-order chi connectivity index (χ1) is 14.3. The zero-order valence-corrected chi connectivity index (χ0v) is 19.5. The molecule has 3 saturated carbocycles. The molecule has 0 spiro atoms. The molecule has 5 aliphatic carbocycles. The van der Waals surface area contributed by atoms with Crippen molar-refractivity contribution < 1.29 is 9.90 Å². The number of allylic oxidation sites excluding steroid dienone is 3. The first-order valence-electron chi connectivity index (χ1n) is 12.9. The van der Waals surface area contributed by atoms with Gasteiger partial charge in [-0.1, -0.05) is 69.2 Å². The summed E-state index contributed by atoms with van der Waals surface area (Å²) in [6, 6.07) is 0. The summed E-state index contributed by atoms with van der Waals surface area (Å²) < 4.78 is 0. The van der Waals surface area contributed by atoms with E-state index in [-0.39, 0.29) is 22.9 Å². The van der Waals surface area contributed by atoms with Gasteiger partial charge in [-0.05, 0) is 86.4 Å². The molecule has 0 aromatic heterocycles. The summed E-state index contributed by atoms with van der Waals surface area (Å²) in [5, 5.41) is 10.2. The highest BCUT2D eigenvalue weighted by Crippen LogP contribution is 2.66. The highest BCUT2D eigenvalue weighted by atomic mass is 16.3. The Morgan fingerprint density at radius 1 is 1.07 bits per heavy atom. The molecular formula is C28H42O2. The van der Waals surface area contributed by atoms with Crippen LogP contribution in [-0.4, -0.2) is 17.0 Å². The fourth-order valence-corrected chi connectivity index (χ4v) is 8.93. The quantitative estimate of drug-likeness (QED) is 0.530. The van der Waals surface area contributed by atoms with Crippen LogP contribution in [0.2, 0.25) is 0 Å². The van der Waals surface area contributed by atoms with E-state index in [1.54, 1.807) is 5.57 Å². The average molecular weight is 411 g/mol. The Morgan fingerprint density at radius 2 is 1.80 bits per heavy atom. The van der Waals surface area contributed by atoms with Crippen molar-refractivity contribution in [1.29, 1.82) is 0 Å². The molecular weight excluding hydrogens is 368 g/mol. The average Bonchev–Trinajstić information content (AvgIpc) is 3.01. The van der Waals surface area contributed by atoms with Crippen LogP contribution in [0.15, 0.2) is 23.3 Å². The molecule has 0 aliphatic heterocycles. The third-order valence-corrected chi connectivity index (χ3v) is 10.4. The Morgan fingerprint density at radius 3 is 2.53 bits per heavy atom. The summed E-state index contributed by atoms with van der Waals surface area (Å²) in [7, 11) is 0. The van der Waals surface area contributed by atoms with Crippen molar-refractivity contribution in [1.82, 2.24) is 0 Å². The molecule has 6 unspecified atom stereocenters. The number of ketones is 1. The topological polar surface area (TPSA) is 37.3 Å². The molecule has 2 nitrogen and oxygen atoms in total. The minimum atomic E-state index is -0.137. The summed E-state index contributed by atoms with van der Waals surface area (Å²) in [6.45, 7) is 6.80. The maximum Gasteiger partial charge on any atom is 0.134 e. The summed E-state index contributed by atoms with van der Waals surface area (Å²) in [5.74, 6) is 3.26. The van der Waals surface area contributed by atoms with E-state index in [0.29, 0.717) is 23.5 Å². The molecule has 0 aromatic rings. The van der Waals surface area contributed by atoms with E-state index in [4.69, 9.17) is 0 Å². The largest absolute Gasteiger partial charge is 0.393 e. The number of aliphatic hydroxyl groups excluding tert-OH is 1. The monoisotopic (exact) mass is 410 g/mol. The second kappa shape index (κ2) is 7.61. The Balaban J connectivity index is 1.46. The Hall–Kier alpha value is -0.890. The van der Waals surface area contributed by atoms with Crippen molar-refractivity contribution in [2.24, 2.45) is 40.4 Å². The summed E-state index contributed by atoms with van der Waals surface area (Å²) >= 11 is 0. The maximum atomic E-state index is 13.0. The Labute approximate surface area is 183 Å². The van der Waals surface area contributed by atoms with Crippen LogP contribution in [0, 0.1) is 40.4 Å². The lowest BCUT2D eigenvalue weighted by Crippen LogP contribution is -2.48. The number of Topliss-reactive ketones (excluding diaryl/α,β-unsaturated/α-hetero) is 1. The summed E-state index contributed by atoms with van der Waals surface area (Å²) in [6.07, 6.45) is 19.7. The van der Waals surface area contributed by atoms with Crippen molar-refractivity contribution >= 4 is 5.78 Å². The van der Waals surface area contributed by atoms with Gasteiger partial charge in [-0.15, -0.1) is 0 Å². The van der Waals surface area contributed by atoms with Gasteiger partial charge in [0.15, 0.2) is 0 Å². The molecule has 166 valence electrons. The lowest BCUT2D eigenvalue weighted by atomic mass is 9.48. The number of hydrogen-bond acceptors (Lipinski definition) is 2. The van der Waals surface area contributed by atoms with Crippen molar-refractivity contribution in [3.63, 3.8) is 0 Å². The van der Waals surface area contributed by atoms with Crippen molar-refractivity contribution in [3.05, 3.63) is 23.3 Å². The van der Waals surface area contributed by atoms with Crippen LogP contribution >= 0.6 is 0 Å². The highest BCUT2D eigenvalue weighted by molar-refractivity contribution is 5.81. The molecule has 2 heteroatoms. The second-order valence-electron chi connectivity index (χ2n) is 12.1. The minimum Gasteiger partial charge on any atom is -0.393 e. The molecule has 30 heavy (non-hydrogen) atoms. The van der Waals surface area contributed by atoms with E-state index in [9.17, 15) is 9.90 Å². The molecule has 5 aliphatic rings. The number of fused-ring (bicyclic) bond motifs is 5. The molecule has 0 bridgehead atoms. The van der Waals surface area contributed by atoms with Crippen LogP contribution in [0.25, 0.3) is 0 Å². The first-order valence-corrected chi connectivity index (χ1v) is 12.9. The van der Waals surface area contributed by atoms with Crippen LogP contribution in [-0.2, 0) is 4.79 Å².